The number of hydrazone groups is 1. The van der Waals surface area contributed by atoms with Gasteiger partial charge in [0, 0.05) is 11.1 Å². The van der Waals surface area contributed by atoms with E-state index >= 15 is 0 Å². The molecule has 0 aliphatic rings. The standard InChI is InChI=1S/C22H26N4O4S/c1-15(2)11-16-5-8-19(9-6-16)31(27,28)26-24-14-18-13-23-25-22(18)17-7-10-20(29-3)21(12-17)30-4/h5-10,12-15,26H,11H2,1-4H3,(H,23,25)/b24-14+. The van der Waals surface area contributed by atoms with Crippen LogP contribution in [0.25, 0.3) is 11.3 Å². The van der Waals surface area contributed by atoms with Crippen LogP contribution in [-0.4, -0.2) is 39.0 Å². The van der Waals surface area contributed by atoms with Crippen molar-refractivity contribution in [3.63, 3.8) is 0 Å². The largest absolute Gasteiger partial charge is 0.493 e. The summed E-state index contributed by atoms with van der Waals surface area (Å²) in [5, 5.41) is 10.9. The van der Waals surface area contributed by atoms with Crippen LogP contribution >= 0.6 is 0 Å². The van der Waals surface area contributed by atoms with E-state index in [1.54, 1.807) is 44.7 Å². The summed E-state index contributed by atoms with van der Waals surface area (Å²) in [5.74, 6) is 1.67. The lowest BCUT2D eigenvalue weighted by Gasteiger charge is -2.09. The molecule has 2 N–H and O–H groups in total. The molecule has 0 radical (unpaired) electrons. The molecule has 0 saturated heterocycles. The van der Waals surface area contributed by atoms with Crippen LogP contribution < -0.4 is 14.3 Å². The van der Waals surface area contributed by atoms with Gasteiger partial charge in [-0.1, -0.05) is 26.0 Å². The van der Waals surface area contributed by atoms with E-state index < -0.39 is 10.0 Å². The van der Waals surface area contributed by atoms with Crippen molar-refractivity contribution in [1.29, 1.82) is 0 Å². The Labute approximate surface area is 182 Å². The van der Waals surface area contributed by atoms with Crippen LogP contribution in [0.3, 0.4) is 0 Å². The Bertz CT molecular complexity index is 1150. The Morgan fingerprint density at radius 2 is 1.81 bits per heavy atom. The minimum atomic E-state index is -3.77. The van der Waals surface area contributed by atoms with Crippen molar-refractivity contribution in [2.45, 2.75) is 25.2 Å². The summed E-state index contributed by atoms with van der Waals surface area (Å²) < 4.78 is 35.6. The van der Waals surface area contributed by atoms with E-state index in [-0.39, 0.29) is 4.90 Å². The van der Waals surface area contributed by atoms with Crippen LogP contribution in [0.15, 0.2) is 58.7 Å². The summed E-state index contributed by atoms with van der Waals surface area (Å²) in [5.41, 5.74) is 3.17. The van der Waals surface area contributed by atoms with E-state index in [0.29, 0.717) is 28.7 Å². The first-order valence-corrected chi connectivity index (χ1v) is 11.2. The quantitative estimate of drug-likeness (QED) is 0.389. The summed E-state index contributed by atoms with van der Waals surface area (Å²) in [6, 6.07) is 12.2. The number of ether oxygens (including phenoxy) is 2. The summed E-state index contributed by atoms with van der Waals surface area (Å²) in [6.07, 6.45) is 3.86. The Morgan fingerprint density at radius 3 is 2.45 bits per heavy atom. The second-order valence-electron chi connectivity index (χ2n) is 7.36. The molecule has 0 amide bonds. The van der Waals surface area contributed by atoms with Gasteiger partial charge in [-0.3, -0.25) is 5.10 Å². The molecular formula is C22H26N4O4S. The molecule has 0 saturated carbocycles. The molecule has 0 spiro atoms. The second-order valence-corrected chi connectivity index (χ2v) is 9.03. The lowest BCUT2D eigenvalue weighted by molar-refractivity contribution is 0.355. The molecular weight excluding hydrogens is 416 g/mol. The third-order valence-electron chi connectivity index (χ3n) is 4.60. The van der Waals surface area contributed by atoms with E-state index in [1.165, 1.54) is 6.21 Å². The van der Waals surface area contributed by atoms with Crippen LogP contribution in [0.5, 0.6) is 11.5 Å². The van der Waals surface area contributed by atoms with Crippen molar-refractivity contribution < 1.29 is 17.9 Å². The molecule has 3 aromatic rings. The second kappa shape index (κ2) is 9.65. The van der Waals surface area contributed by atoms with Crippen LogP contribution in [-0.2, 0) is 16.4 Å². The minimum absolute atomic E-state index is 0.157. The van der Waals surface area contributed by atoms with Gasteiger partial charge in [0.15, 0.2) is 11.5 Å². The average molecular weight is 443 g/mol. The maximum atomic E-state index is 12.5. The first-order valence-electron chi connectivity index (χ1n) is 9.73. The van der Waals surface area contributed by atoms with Gasteiger partial charge < -0.3 is 9.47 Å². The fourth-order valence-corrected chi connectivity index (χ4v) is 3.90. The molecule has 1 heterocycles. The van der Waals surface area contributed by atoms with Crippen molar-refractivity contribution in [3.05, 3.63) is 59.8 Å². The molecule has 0 bridgehead atoms. The average Bonchev–Trinajstić information content (AvgIpc) is 3.21. The van der Waals surface area contributed by atoms with Gasteiger partial charge in [-0.15, -0.1) is 0 Å². The Balaban J connectivity index is 1.76. The number of benzene rings is 2. The first kappa shape index (κ1) is 22.4. The van der Waals surface area contributed by atoms with Gasteiger partial charge in [-0.25, -0.2) is 4.83 Å². The highest BCUT2D eigenvalue weighted by atomic mass is 32.2. The van der Waals surface area contributed by atoms with E-state index in [4.69, 9.17) is 9.47 Å². The molecule has 3 rings (SSSR count). The van der Waals surface area contributed by atoms with Crippen molar-refractivity contribution in [2.24, 2.45) is 11.0 Å². The van der Waals surface area contributed by atoms with Gasteiger partial charge in [-0.05, 0) is 48.2 Å². The molecule has 0 aliphatic heterocycles. The van der Waals surface area contributed by atoms with Gasteiger partial charge in [0.2, 0.25) is 0 Å². The zero-order valence-electron chi connectivity index (χ0n) is 17.9. The van der Waals surface area contributed by atoms with Crippen LogP contribution in [0.2, 0.25) is 0 Å². The molecule has 0 fully saturated rings. The van der Waals surface area contributed by atoms with Gasteiger partial charge in [-0.2, -0.15) is 18.6 Å². The molecule has 2 aromatic carbocycles. The van der Waals surface area contributed by atoms with E-state index in [9.17, 15) is 8.42 Å². The highest BCUT2D eigenvalue weighted by molar-refractivity contribution is 7.89. The third-order valence-corrected chi connectivity index (χ3v) is 5.83. The van der Waals surface area contributed by atoms with Crippen LogP contribution in [0.4, 0.5) is 0 Å². The molecule has 9 heteroatoms. The number of sulfonamides is 1. The van der Waals surface area contributed by atoms with Crippen molar-refractivity contribution in [2.75, 3.05) is 14.2 Å². The smallest absolute Gasteiger partial charge is 0.276 e. The molecule has 31 heavy (non-hydrogen) atoms. The Morgan fingerprint density at radius 1 is 1.10 bits per heavy atom. The summed E-state index contributed by atoms with van der Waals surface area (Å²) in [6.45, 7) is 4.24. The van der Waals surface area contributed by atoms with Gasteiger partial charge in [0.25, 0.3) is 10.0 Å². The topological polar surface area (TPSA) is 106 Å². The zero-order valence-corrected chi connectivity index (χ0v) is 18.7. The maximum Gasteiger partial charge on any atom is 0.276 e. The van der Waals surface area contributed by atoms with Gasteiger partial charge in [0.05, 0.1) is 37.2 Å². The first-order chi connectivity index (χ1) is 14.8. The predicted octanol–water partition coefficient (Wildman–Crippen LogP) is 3.60. The minimum Gasteiger partial charge on any atom is -0.493 e. The normalized spacial score (nSPS) is 11.8. The Kier molecular flexibility index (Phi) is 6.96. The summed E-state index contributed by atoms with van der Waals surface area (Å²) in [7, 11) is -0.649. The van der Waals surface area contributed by atoms with Gasteiger partial charge >= 0.3 is 0 Å². The molecule has 1 aromatic heterocycles. The summed E-state index contributed by atoms with van der Waals surface area (Å²) in [4.78, 5) is 2.41. The van der Waals surface area contributed by atoms with E-state index in [0.717, 1.165) is 17.5 Å². The summed E-state index contributed by atoms with van der Waals surface area (Å²) >= 11 is 0. The predicted molar refractivity (Wildman–Crippen MR) is 120 cm³/mol. The van der Waals surface area contributed by atoms with E-state index in [2.05, 4.69) is 34.0 Å². The number of hydrogen-bond acceptors (Lipinski definition) is 6. The van der Waals surface area contributed by atoms with E-state index in [1.807, 2.05) is 18.2 Å². The lowest BCUT2D eigenvalue weighted by atomic mass is 10.0. The highest BCUT2D eigenvalue weighted by Gasteiger charge is 2.14. The number of aromatic amines is 1. The number of hydrogen-bond donors (Lipinski definition) is 2. The van der Waals surface area contributed by atoms with Crippen LogP contribution in [0.1, 0.15) is 25.0 Å². The van der Waals surface area contributed by atoms with Gasteiger partial charge in [0.1, 0.15) is 0 Å². The van der Waals surface area contributed by atoms with Crippen molar-refractivity contribution in [1.82, 2.24) is 15.0 Å². The number of methoxy groups -OCH3 is 2. The van der Waals surface area contributed by atoms with Crippen LogP contribution in [0, 0.1) is 5.92 Å². The SMILES string of the molecule is COc1ccc(-c2[nH]ncc2/C=N/NS(=O)(=O)c2ccc(CC(C)C)cc2)cc1OC. The Hall–Kier alpha value is -3.33. The fourth-order valence-electron chi connectivity index (χ4n) is 3.11. The van der Waals surface area contributed by atoms with Crippen molar-refractivity contribution in [3.8, 4) is 22.8 Å². The number of H-pyrrole nitrogens is 1. The molecule has 164 valence electrons. The number of nitrogens with zero attached hydrogens (tertiary/aromatic N) is 2. The maximum absolute atomic E-state index is 12.5. The monoisotopic (exact) mass is 442 g/mol. The lowest BCUT2D eigenvalue weighted by Crippen LogP contribution is -2.18. The molecule has 0 atom stereocenters. The number of nitrogens with one attached hydrogen (secondary N) is 2. The van der Waals surface area contributed by atoms with Crippen molar-refractivity contribution >= 4 is 16.2 Å². The molecule has 0 unspecified atom stereocenters. The molecule has 8 nitrogen and oxygen atoms in total. The number of aromatic nitrogens is 2. The number of rotatable bonds is 9. The molecule has 0 aliphatic carbocycles. The highest BCUT2D eigenvalue weighted by Crippen LogP contribution is 2.32. The third kappa shape index (κ3) is 5.43. The fraction of sp³-hybridized carbons (Fsp3) is 0.273. The zero-order chi connectivity index (χ0) is 22.4.